The predicted molar refractivity (Wildman–Crippen MR) is 66.2 cm³/mol. The molecule has 0 aliphatic heterocycles. The van der Waals surface area contributed by atoms with Crippen molar-refractivity contribution in [2.45, 2.75) is 83.2 Å². The van der Waals surface area contributed by atoms with Crippen molar-refractivity contribution < 1.29 is 4.74 Å². The molecule has 0 spiro atoms. The van der Waals surface area contributed by atoms with Crippen molar-refractivity contribution in [2.75, 3.05) is 7.11 Å². The van der Waals surface area contributed by atoms with Gasteiger partial charge in [-0.05, 0) is 19.3 Å². The van der Waals surface area contributed by atoms with Crippen LogP contribution in [0.15, 0.2) is 0 Å². The van der Waals surface area contributed by atoms with Gasteiger partial charge in [0, 0.05) is 7.11 Å². The highest BCUT2D eigenvalue weighted by Gasteiger charge is 2.30. The third-order valence-corrected chi connectivity index (χ3v) is 3.93. The molecule has 0 aromatic heterocycles. The van der Waals surface area contributed by atoms with Crippen LogP contribution in [0.1, 0.15) is 77.6 Å². The Labute approximate surface area is 95.6 Å². The molecule has 15 heavy (non-hydrogen) atoms. The molecule has 1 fully saturated rings. The first-order valence-corrected chi connectivity index (χ1v) is 6.88. The number of unbranched alkanes of at least 4 members (excludes halogenated alkanes) is 4. The van der Waals surface area contributed by atoms with Crippen LogP contribution in [0.3, 0.4) is 0 Å². The minimum atomic E-state index is 0.268. The van der Waals surface area contributed by atoms with Crippen LogP contribution in [-0.4, -0.2) is 12.7 Å². The van der Waals surface area contributed by atoms with Crippen LogP contribution in [0.2, 0.25) is 0 Å². The molecule has 1 saturated carbocycles. The molecule has 1 heteroatoms. The van der Waals surface area contributed by atoms with Crippen LogP contribution in [-0.2, 0) is 4.74 Å². The van der Waals surface area contributed by atoms with Gasteiger partial charge < -0.3 is 4.74 Å². The van der Waals surface area contributed by atoms with Gasteiger partial charge in [0.1, 0.15) is 0 Å². The van der Waals surface area contributed by atoms with Crippen LogP contribution >= 0.6 is 0 Å². The Morgan fingerprint density at radius 3 is 2.20 bits per heavy atom. The van der Waals surface area contributed by atoms with E-state index in [-0.39, 0.29) is 5.60 Å². The summed E-state index contributed by atoms with van der Waals surface area (Å²) in [6, 6.07) is 0. The normalized spacial score (nSPS) is 20.4. The fraction of sp³-hybridized carbons (Fsp3) is 1.00. The summed E-state index contributed by atoms with van der Waals surface area (Å²) in [4.78, 5) is 0. The number of methoxy groups -OCH3 is 1. The minimum absolute atomic E-state index is 0.268. The largest absolute Gasteiger partial charge is 0.378 e. The quantitative estimate of drug-likeness (QED) is 0.556. The highest BCUT2D eigenvalue weighted by molar-refractivity contribution is 4.83. The molecule has 0 aromatic carbocycles. The van der Waals surface area contributed by atoms with E-state index < -0.39 is 0 Å². The summed E-state index contributed by atoms with van der Waals surface area (Å²) in [6.07, 6.45) is 15.0. The van der Waals surface area contributed by atoms with E-state index in [1.165, 1.54) is 70.6 Å². The second-order valence-corrected chi connectivity index (χ2v) is 5.11. The summed E-state index contributed by atoms with van der Waals surface area (Å²) in [7, 11) is 1.91. The van der Waals surface area contributed by atoms with Crippen molar-refractivity contribution in [1.29, 1.82) is 0 Å². The Balaban J connectivity index is 2.15. The van der Waals surface area contributed by atoms with Crippen molar-refractivity contribution in [3.05, 3.63) is 0 Å². The average molecular weight is 212 g/mol. The van der Waals surface area contributed by atoms with Gasteiger partial charge in [0.15, 0.2) is 0 Å². The van der Waals surface area contributed by atoms with E-state index >= 15 is 0 Å². The van der Waals surface area contributed by atoms with Gasteiger partial charge in [0.05, 0.1) is 5.60 Å². The summed E-state index contributed by atoms with van der Waals surface area (Å²) in [5.41, 5.74) is 0.268. The second kappa shape index (κ2) is 7.27. The van der Waals surface area contributed by atoms with Gasteiger partial charge in [-0.3, -0.25) is 0 Å². The Kier molecular flexibility index (Phi) is 6.31. The Hall–Kier alpha value is -0.0400. The lowest BCUT2D eigenvalue weighted by Gasteiger charge is -2.36. The van der Waals surface area contributed by atoms with E-state index in [0.29, 0.717) is 0 Å². The molecule has 0 amide bonds. The SMILES string of the molecule is CCCCCCCC1(OC)CCCCC1. The highest BCUT2D eigenvalue weighted by Crippen LogP contribution is 2.35. The maximum atomic E-state index is 5.79. The maximum absolute atomic E-state index is 5.79. The summed E-state index contributed by atoms with van der Waals surface area (Å²) < 4.78 is 5.79. The molecule has 0 bridgehead atoms. The molecule has 0 unspecified atom stereocenters. The van der Waals surface area contributed by atoms with Crippen molar-refractivity contribution in [3.63, 3.8) is 0 Å². The summed E-state index contributed by atoms with van der Waals surface area (Å²) in [5, 5.41) is 0. The third kappa shape index (κ3) is 4.55. The zero-order valence-electron chi connectivity index (χ0n) is 10.7. The predicted octanol–water partition coefficient (Wildman–Crippen LogP) is 4.70. The monoisotopic (exact) mass is 212 g/mol. The standard InChI is InChI=1S/C14H28O/c1-3-4-5-6-8-11-14(15-2)12-9-7-10-13-14/h3-13H2,1-2H3. The lowest BCUT2D eigenvalue weighted by atomic mass is 9.81. The van der Waals surface area contributed by atoms with E-state index in [4.69, 9.17) is 4.74 Å². The summed E-state index contributed by atoms with van der Waals surface area (Å²) in [5.74, 6) is 0. The first-order valence-electron chi connectivity index (χ1n) is 6.88. The molecular formula is C14H28O. The molecule has 0 saturated heterocycles. The van der Waals surface area contributed by atoms with Crippen molar-refractivity contribution >= 4 is 0 Å². The van der Waals surface area contributed by atoms with Crippen LogP contribution in [0.4, 0.5) is 0 Å². The zero-order chi connectivity index (χ0) is 11.0. The number of ether oxygens (including phenoxy) is 1. The van der Waals surface area contributed by atoms with E-state index in [1.54, 1.807) is 0 Å². The van der Waals surface area contributed by atoms with Crippen molar-refractivity contribution in [1.82, 2.24) is 0 Å². The van der Waals surface area contributed by atoms with Crippen LogP contribution < -0.4 is 0 Å². The van der Waals surface area contributed by atoms with Crippen molar-refractivity contribution in [2.24, 2.45) is 0 Å². The maximum Gasteiger partial charge on any atom is 0.0678 e. The number of rotatable bonds is 7. The molecule has 0 atom stereocenters. The van der Waals surface area contributed by atoms with Crippen LogP contribution in [0, 0.1) is 0 Å². The van der Waals surface area contributed by atoms with E-state index in [2.05, 4.69) is 6.92 Å². The second-order valence-electron chi connectivity index (χ2n) is 5.11. The average Bonchev–Trinajstić information content (AvgIpc) is 2.30. The third-order valence-electron chi connectivity index (χ3n) is 3.93. The fourth-order valence-electron chi connectivity index (χ4n) is 2.80. The zero-order valence-corrected chi connectivity index (χ0v) is 10.7. The topological polar surface area (TPSA) is 9.23 Å². The molecule has 0 N–H and O–H groups in total. The lowest BCUT2D eigenvalue weighted by Crippen LogP contribution is -2.33. The molecular weight excluding hydrogens is 184 g/mol. The van der Waals surface area contributed by atoms with E-state index in [0.717, 1.165) is 0 Å². The molecule has 1 rings (SSSR count). The smallest absolute Gasteiger partial charge is 0.0678 e. The van der Waals surface area contributed by atoms with Crippen LogP contribution in [0.25, 0.3) is 0 Å². The molecule has 1 nitrogen and oxygen atoms in total. The summed E-state index contributed by atoms with van der Waals surface area (Å²) >= 11 is 0. The molecule has 90 valence electrons. The Morgan fingerprint density at radius 1 is 0.933 bits per heavy atom. The highest BCUT2D eigenvalue weighted by atomic mass is 16.5. The van der Waals surface area contributed by atoms with Gasteiger partial charge >= 0.3 is 0 Å². The number of hydrogen-bond acceptors (Lipinski definition) is 1. The van der Waals surface area contributed by atoms with Gasteiger partial charge in [0.25, 0.3) is 0 Å². The van der Waals surface area contributed by atoms with E-state index in [1.807, 2.05) is 7.11 Å². The number of hydrogen-bond donors (Lipinski definition) is 0. The lowest BCUT2D eigenvalue weighted by molar-refractivity contribution is -0.0470. The van der Waals surface area contributed by atoms with Gasteiger partial charge in [-0.2, -0.15) is 0 Å². The molecule has 1 aliphatic carbocycles. The molecule has 1 aliphatic rings. The minimum Gasteiger partial charge on any atom is -0.378 e. The Morgan fingerprint density at radius 2 is 1.60 bits per heavy atom. The van der Waals surface area contributed by atoms with Gasteiger partial charge in [-0.15, -0.1) is 0 Å². The molecule has 0 aromatic rings. The van der Waals surface area contributed by atoms with Crippen LogP contribution in [0.5, 0.6) is 0 Å². The van der Waals surface area contributed by atoms with Gasteiger partial charge in [0.2, 0.25) is 0 Å². The van der Waals surface area contributed by atoms with E-state index in [9.17, 15) is 0 Å². The Bertz CT molecular complexity index is 147. The molecule has 0 heterocycles. The molecule has 0 radical (unpaired) electrons. The first-order chi connectivity index (χ1) is 7.33. The first kappa shape index (κ1) is 13.0. The summed E-state index contributed by atoms with van der Waals surface area (Å²) in [6.45, 7) is 2.28. The fourth-order valence-corrected chi connectivity index (χ4v) is 2.80. The van der Waals surface area contributed by atoms with Gasteiger partial charge in [-0.1, -0.05) is 58.3 Å². The van der Waals surface area contributed by atoms with Crippen molar-refractivity contribution in [3.8, 4) is 0 Å². The van der Waals surface area contributed by atoms with Gasteiger partial charge in [-0.25, -0.2) is 0 Å².